The summed E-state index contributed by atoms with van der Waals surface area (Å²) in [5.41, 5.74) is 4.21. The molecule has 2 aromatic carbocycles. The van der Waals surface area contributed by atoms with Crippen LogP contribution in [0.25, 0.3) is 10.9 Å². The van der Waals surface area contributed by atoms with Gasteiger partial charge in [-0.1, -0.05) is 23.2 Å². The normalized spacial score (nSPS) is 24.1. The summed E-state index contributed by atoms with van der Waals surface area (Å²) < 4.78 is 14.0. The lowest BCUT2D eigenvalue weighted by Gasteiger charge is -2.37. The van der Waals surface area contributed by atoms with Gasteiger partial charge in [-0.05, 0) is 49.2 Å². The topological polar surface area (TPSA) is 40.2 Å². The molecule has 126 valence electrons. The fourth-order valence-electron chi connectivity index (χ4n) is 4.10. The molecule has 0 saturated carbocycles. The third kappa shape index (κ3) is 2.05. The molecule has 0 aliphatic carbocycles. The Morgan fingerprint density at radius 1 is 1.24 bits per heavy atom. The van der Waals surface area contributed by atoms with Gasteiger partial charge in [-0.3, -0.25) is 10.3 Å². The number of rotatable bonds is 0. The van der Waals surface area contributed by atoms with E-state index in [1.165, 1.54) is 6.07 Å². The molecule has 25 heavy (non-hydrogen) atoms. The van der Waals surface area contributed by atoms with Crippen LogP contribution in [0.2, 0.25) is 10.0 Å². The van der Waals surface area contributed by atoms with Crippen LogP contribution in [0, 0.1) is 5.82 Å². The van der Waals surface area contributed by atoms with Gasteiger partial charge in [0, 0.05) is 39.4 Å². The maximum atomic E-state index is 14.0. The average Bonchev–Trinajstić information content (AvgIpc) is 3.08. The van der Waals surface area contributed by atoms with Crippen molar-refractivity contribution < 1.29 is 4.39 Å². The van der Waals surface area contributed by atoms with Gasteiger partial charge in [0.25, 0.3) is 0 Å². The van der Waals surface area contributed by atoms with Crippen LogP contribution in [-0.4, -0.2) is 17.2 Å². The standard InChI is InChI=1S/C19H14Cl2FN3/c1-9-4-12-11-6-15(22)14(21)7-17(11)24-18(12)19(25-9)8-23-16-3-2-10(20)5-13(16)19/h2-3,5-9,24-25H,4H2,1H3/t9-,19+/m0/s1. The second kappa shape index (κ2) is 5.07. The van der Waals surface area contributed by atoms with Gasteiger partial charge in [-0.25, -0.2) is 4.39 Å². The van der Waals surface area contributed by atoms with Crippen molar-refractivity contribution in [3.63, 3.8) is 0 Å². The van der Waals surface area contributed by atoms with Crippen molar-refractivity contribution in [3.8, 4) is 0 Å². The number of aromatic amines is 1. The summed E-state index contributed by atoms with van der Waals surface area (Å²) in [6.45, 7) is 2.12. The lowest BCUT2D eigenvalue weighted by atomic mass is 9.80. The molecule has 0 bridgehead atoms. The molecule has 2 N–H and O–H groups in total. The van der Waals surface area contributed by atoms with Crippen molar-refractivity contribution in [3.05, 3.63) is 63.0 Å². The minimum absolute atomic E-state index is 0.115. The SMILES string of the molecule is C[C@H]1Cc2c([nH]c3cc(Cl)c(F)cc23)[C@]2(C=Nc3ccc(Cl)cc32)N1. The van der Waals surface area contributed by atoms with Crippen LogP contribution in [0.4, 0.5) is 10.1 Å². The van der Waals surface area contributed by atoms with Crippen molar-refractivity contribution in [2.24, 2.45) is 4.99 Å². The predicted molar refractivity (Wildman–Crippen MR) is 100.0 cm³/mol. The zero-order chi connectivity index (χ0) is 17.3. The number of aliphatic imine (C=N–C) groups is 1. The summed E-state index contributed by atoms with van der Waals surface area (Å²) in [6.07, 6.45) is 2.71. The van der Waals surface area contributed by atoms with Gasteiger partial charge in [-0.2, -0.15) is 0 Å². The van der Waals surface area contributed by atoms with E-state index in [9.17, 15) is 4.39 Å². The molecule has 2 atom stereocenters. The molecule has 0 fully saturated rings. The minimum Gasteiger partial charge on any atom is -0.356 e. The lowest BCUT2D eigenvalue weighted by molar-refractivity contribution is 0.413. The van der Waals surface area contributed by atoms with Gasteiger partial charge in [0.2, 0.25) is 0 Å². The first-order chi connectivity index (χ1) is 12.0. The molecule has 1 aromatic heterocycles. The number of halogens is 3. The molecule has 5 rings (SSSR count). The van der Waals surface area contributed by atoms with E-state index in [1.807, 2.05) is 24.4 Å². The van der Waals surface area contributed by atoms with E-state index in [0.717, 1.165) is 39.8 Å². The first kappa shape index (κ1) is 15.4. The first-order valence-electron chi connectivity index (χ1n) is 8.11. The van der Waals surface area contributed by atoms with Crippen molar-refractivity contribution >= 4 is 46.0 Å². The number of hydrogen-bond acceptors (Lipinski definition) is 2. The summed E-state index contributed by atoms with van der Waals surface area (Å²) in [5.74, 6) is -0.403. The van der Waals surface area contributed by atoms with Crippen molar-refractivity contribution in [1.82, 2.24) is 10.3 Å². The van der Waals surface area contributed by atoms with Crippen LogP contribution in [0.15, 0.2) is 35.3 Å². The number of nitrogens with zero attached hydrogens (tertiary/aromatic N) is 1. The monoisotopic (exact) mass is 373 g/mol. The summed E-state index contributed by atoms with van der Waals surface area (Å²) in [6, 6.07) is 9.06. The molecule has 0 saturated heterocycles. The molecular formula is C19H14Cl2FN3. The molecule has 0 amide bonds. The van der Waals surface area contributed by atoms with Crippen LogP contribution in [0.1, 0.15) is 23.7 Å². The van der Waals surface area contributed by atoms with E-state index >= 15 is 0 Å². The average molecular weight is 374 g/mol. The molecule has 6 heteroatoms. The second-order valence-electron chi connectivity index (χ2n) is 6.77. The summed E-state index contributed by atoms with van der Waals surface area (Å²) in [7, 11) is 0. The Kier molecular flexibility index (Phi) is 3.12. The number of nitrogens with one attached hydrogen (secondary N) is 2. The van der Waals surface area contributed by atoms with Crippen LogP contribution in [0.3, 0.4) is 0 Å². The number of hydrogen-bond donors (Lipinski definition) is 2. The zero-order valence-corrected chi connectivity index (χ0v) is 14.8. The molecule has 0 radical (unpaired) electrons. The largest absolute Gasteiger partial charge is 0.356 e. The number of benzene rings is 2. The Morgan fingerprint density at radius 3 is 2.92 bits per heavy atom. The van der Waals surface area contributed by atoms with E-state index in [0.29, 0.717) is 5.02 Å². The summed E-state index contributed by atoms with van der Waals surface area (Å²) in [5, 5.41) is 5.30. The van der Waals surface area contributed by atoms with Gasteiger partial charge in [0.05, 0.1) is 10.7 Å². The quantitative estimate of drug-likeness (QED) is 0.564. The highest BCUT2D eigenvalue weighted by Gasteiger charge is 2.45. The van der Waals surface area contributed by atoms with Crippen molar-refractivity contribution in [2.45, 2.75) is 24.9 Å². The molecule has 2 aliphatic heterocycles. The fraction of sp³-hybridized carbons (Fsp3) is 0.211. The van der Waals surface area contributed by atoms with Crippen LogP contribution >= 0.6 is 23.2 Å². The number of aromatic nitrogens is 1. The summed E-state index contributed by atoms with van der Waals surface area (Å²) >= 11 is 12.2. The van der Waals surface area contributed by atoms with Crippen molar-refractivity contribution in [1.29, 1.82) is 0 Å². The highest BCUT2D eigenvalue weighted by Crippen LogP contribution is 2.46. The Morgan fingerprint density at radius 2 is 2.08 bits per heavy atom. The number of fused-ring (bicyclic) bond motifs is 6. The zero-order valence-electron chi connectivity index (χ0n) is 13.3. The third-order valence-corrected chi connectivity index (χ3v) is 5.63. The molecule has 2 aliphatic rings. The van der Waals surface area contributed by atoms with Crippen molar-refractivity contribution in [2.75, 3.05) is 0 Å². The Bertz CT molecular complexity index is 1070. The molecular weight excluding hydrogens is 360 g/mol. The van der Waals surface area contributed by atoms with Crippen LogP contribution in [-0.2, 0) is 12.0 Å². The second-order valence-corrected chi connectivity index (χ2v) is 7.61. The Balaban J connectivity index is 1.84. The van der Waals surface area contributed by atoms with Gasteiger partial charge < -0.3 is 4.98 Å². The maximum Gasteiger partial charge on any atom is 0.142 e. The highest BCUT2D eigenvalue weighted by atomic mass is 35.5. The van der Waals surface area contributed by atoms with Crippen LogP contribution < -0.4 is 5.32 Å². The van der Waals surface area contributed by atoms with Gasteiger partial charge in [-0.15, -0.1) is 0 Å². The van der Waals surface area contributed by atoms with E-state index in [-0.39, 0.29) is 11.1 Å². The van der Waals surface area contributed by atoms with E-state index in [4.69, 9.17) is 23.2 Å². The minimum atomic E-state index is -0.588. The van der Waals surface area contributed by atoms with Gasteiger partial charge in [0.1, 0.15) is 11.4 Å². The van der Waals surface area contributed by atoms with Gasteiger partial charge in [0.15, 0.2) is 0 Å². The van der Waals surface area contributed by atoms with Crippen LogP contribution in [0.5, 0.6) is 0 Å². The molecule has 3 nitrogen and oxygen atoms in total. The van der Waals surface area contributed by atoms with E-state index in [2.05, 4.69) is 22.2 Å². The van der Waals surface area contributed by atoms with E-state index < -0.39 is 11.4 Å². The highest BCUT2D eigenvalue weighted by molar-refractivity contribution is 6.31. The maximum absolute atomic E-state index is 14.0. The smallest absolute Gasteiger partial charge is 0.142 e. The molecule has 0 unspecified atom stereocenters. The van der Waals surface area contributed by atoms with E-state index in [1.54, 1.807) is 6.07 Å². The summed E-state index contributed by atoms with van der Waals surface area (Å²) in [4.78, 5) is 8.04. The lowest BCUT2D eigenvalue weighted by Crippen LogP contribution is -2.52. The first-order valence-corrected chi connectivity index (χ1v) is 8.86. The fourth-order valence-corrected chi connectivity index (χ4v) is 4.43. The molecule has 1 spiro atoms. The Hall–Kier alpha value is -1.88. The van der Waals surface area contributed by atoms with Gasteiger partial charge >= 0.3 is 0 Å². The predicted octanol–water partition coefficient (Wildman–Crippen LogP) is 5.11. The third-order valence-electron chi connectivity index (χ3n) is 5.11. The Labute approximate surface area is 153 Å². The number of H-pyrrole nitrogens is 1. The molecule has 3 heterocycles. The molecule has 3 aromatic rings.